The Labute approximate surface area is 89.4 Å². The first-order chi connectivity index (χ1) is 7.25. The van der Waals surface area contributed by atoms with Crippen molar-refractivity contribution >= 4 is 11.9 Å². The maximum absolute atomic E-state index is 5.91. The van der Waals surface area contributed by atoms with E-state index in [1.165, 1.54) is 19.3 Å². The number of likely N-dealkylation sites (tertiary alicyclic amines) is 1. The molecule has 1 aliphatic rings. The molecule has 1 aromatic rings. The summed E-state index contributed by atoms with van der Waals surface area (Å²) in [5.74, 6) is 1.17. The monoisotopic (exact) mass is 207 g/mol. The number of nitrogens with one attached hydrogen (secondary N) is 1. The Bertz CT molecular complexity index is 348. The van der Waals surface area contributed by atoms with Crippen molar-refractivity contribution in [3.05, 3.63) is 11.9 Å². The number of imidazole rings is 1. The molecule has 5 heteroatoms. The minimum Gasteiger partial charge on any atom is -0.369 e. The lowest BCUT2D eigenvalue weighted by atomic mass is 10.1. The number of guanidine groups is 1. The van der Waals surface area contributed by atoms with Gasteiger partial charge in [-0.15, -0.1) is 0 Å². The maximum atomic E-state index is 5.91. The Morgan fingerprint density at radius 3 is 2.80 bits per heavy atom. The fourth-order valence-electron chi connectivity index (χ4n) is 1.76. The van der Waals surface area contributed by atoms with Crippen LogP contribution < -0.4 is 5.73 Å². The quantitative estimate of drug-likeness (QED) is 0.536. The number of hydrogen-bond donors (Lipinski definition) is 2. The number of H-pyrrole nitrogens is 1. The summed E-state index contributed by atoms with van der Waals surface area (Å²) in [6, 6.07) is 0. The fourth-order valence-corrected chi connectivity index (χ4v) is 1.76. The average Bonchev–Trinajstić information content (AvgIpc) is 2.65. The van der Waals surface area contributed by atoms with Crippen LogP contribution in [-0.4, -0.2) is 33.9 Å². The van der Waals surface area contributed by atoms with E-state index in [4.69, 9.17) is 5.73 Å². The first-order valence-electron chi connectivity index (χ1n) is 5.36. The molecule has 0 aromatic carbocycles. The summed E-state index contributed by atoms with van der Waals surface area (Å²) in [6.07, 6.45) is 5.45. The zero-order chi connectivity index (χ0) is 10.7. The Hall–Kier alpha value is -1.52. The molecule has 0 atom stereocenters. The van der Waals surface area contributed by atoms with Gasteiger partial charge < -0.3 is 15.6 Å². The molecule has 2 heterocycles. The molecule has 2 rings (SSSR count). The summed E-state index contributed by atoms with van der Waals surface area (Å²) >= 11 is 0. The molecule has 1 fully saturated rings. The lowest BCUT2D eigenvalue weighted by Crippen LogP contribution is -2.40. The summed E-state index contributed by atoms with van der Waals surface area (Å²) in [7, 11) is 0. The molecular formula is C10H17N5. The van der Waals surface area contributed by atoms with Crippen molar-refractivity contribution in [2.45, 2.75) is 26.2 Å². The highest BCUT2D eigenvalue weighted by molar-refractivity contribution is 5.80. The van der Waals surface area contributed by atoms with Crippen molar-refractivity contribution in [1.82, 2.24) is 14.9 Å². The summed E-state index contributed by atoms with van der Waals surface area (Å²) in [6.45, 7) is 3.97. The second-order valence-corrected chi connectivity index (χ2v) is 3.91. The van der Waals surface area contributed by atoms with E-state index in [0.29, 0.717) is 11.9 Å². The third-order valence-electron chi connectivity index (χ3n) is 2.59. The number of aryl methyl sites for hydroxylation is 1. The molecule has 0 bridgehead atoms. The number of aromatic nitrogens is 2. The molecule has 0 unspecified atom stereocenters. The van der Waals surface area contributed by atoms with Crippen LogP contribution in [0.3, 0.4) is 0 Å². The molecule has 5 nitrogen and oxygen atoms in total. The summed E-state index contributed by atoms with van der Waals surface area (Å²) in [5, 5.41) is 0. The first kappa shape index (κ1) is 10.0. The second kappa shape index (κ2) is 4.33. The fraction of sp³-hybridized carbons (Fsp3) is 0.600. The Morgan fingerprint density at radius 2 is 2.20 bits per heavy atom. The van der Waals surface area contributed by atoms with Gasteiger partial charge in [0.25, 0.3) is 0 Å². The normalized spacial score (nSPS) is 18.2. The zero-order valence-corrected chi connectivity index (χ0v) is 9.03. The van der Waals surface area contributed by atoms with Gasteiger partial charge in [-0.05, 0) is 26.2 Å². The van der Waals surface area contributed by atoms with Crippen LogP contribution in [0.25, 0.3) is 0 Å². The Balaban J connectivity index is 2.05. The minimum atomic E-state index is 0.573. The van der Waals surface area contributed by atoms with Crippen LogP contribution in [0.4, 0.5) is 5.95 Å². The number of nitrogens with zero attached hydrogens (tertiary/aromatic N) is 3. The van der Waals surface area contributed by atoms with E-state index in [9.17, 15) is 0 Å². The van der Waals surface area contributed by atoms with Crippen molar-refractivity contribution in [3.8, 4) is 0 Å². The van der Waals surface area contributed by atoms with Gasteiger partial charge in [-0.1, -0.05) is 0 Å². The third-order valence-corrected chi connectivity index (χ3v) is 2.59. The molecule has 0 amide bonds. The molecule has 0 saturated carbocycles. The van der Waals surface area contributed by atoms with Crippen LogP contribution >= 0.6 is 0 Å². The van der Waals surface area contributed by atoms with Crippen molar-refractivity contribution in [3.63, 3.8) is 0 Å². The van der Waals surface area contributed by atoms with Crippen molar-refractivity contribution < 1.29 is 0 Å². The minimum absolute atomic E-state index is 0.573. The van der Waals surface area contributed by atoms with Gasteiger partial charge >= 0.3 is 0 Å². The van der Waals surface area contributed by atoms with Crippen LogP contribution in [0.15, 0.2) is 11.2 Å². The SMILES string of the molecule is Cc1cnc(N=C(N)N2CCCCC2)[nH]1. The number of aliphatic imine (C=N–C) groups is 1. The zero-order valence-electron chi connectivity index (χ0n) is 9.03. The molecular weight excluding hydrogens is 190 g/mol. The average molecular weight is 207 g/mol. The van der Waals surface area contributed by atoms with Crippen LogP contribution in [0.1, 0.15) is 25.0 Å². The van der Waals surface area contributed by atoms with Crippen LogP contribution in [0, 0.1) is 6.92 Å². The molecule has 1 aromatic heterocycles. The molecule has 15 heavy (non-hydrogen) atoms. The Morgan fingerprint density at radius 1 is 1.47 bits per heavy atom. The number of aromatic amines is 1. The van der Waals surface area contributed by atoms with E-state index in [2.05, 4.69) is 19.9 Å². The topological polar surface area (TPSA) is 70.3 Å². The van der Waals surface area contributed by atoms with Gasteiger partial charge in [0.1, 0.15) is 0 Å². The van der Waals surface area contributed by atoms with Gasteiger partial charge in [0.05, 0.1) is 0 Å². The van der Waals surface area contributed by atoms with Crippen molar-refractivity contribution in [2.75, 3.05) is 13.1 Å². The van der Waals surface area contributed by atoms with Gasteiger partial charge in [-0.2, -0.15) is 4.99 Å². The molecule has 3 N–H and O–H groups in total. The molecule has 0 aliphatic carbocycles. The largest absolute Gasteiger partial charge is 0.369 e. The summed E-state index contributed by atoms with van der Waals surface area (Å²) < 4.78 is 0. The van der Waals surface area contributed by atoms with Crippen LogP contribution in [0.5, 0.6) is 0 Å². The summed E-state index contributed by atoms with van der Waals surface area (Å²) in [4.78, 5) is 13.5. The predicted molar refractivity (Wildman–Crippen MR) is 60.0 cm³/mol. The standard InChI is InChI=1S/C10H17N5/c1-8-7-12-10(13-8)14-9(11)15-5-3-2-4-6-15/h7H,2-6H2,1H3,(H3,11,12,13,14). The molecule has 1 saturated heterocycles. The van der Waals surface area contributed by atoms with Gasteiger partial charge in [0.2, 0.25) is 5.95 Å². The highest BCUT2D eigenvalue weighted by Crippen LogP contribution is 2.10. The lowest BCUT2D eigenvalue weighted by Gasteiger charge is -2.27. The van der Waals surface area contributed by atoms with Gasteiger partial charge in [-0.3, -0.25) is 0 Å². The number of rotatable bonds is 1. The second-order valence-electron chi connectivity index (χ2n) is 3.91. The van der Waals surface area contributed by atoms with E-state index in [1.807, 2.05) is 6.92 Å². The van der Waals surface area contributed by atoms with Crippen LogP contribution in [-0.2, 0) is 0 Å². The summed E-state index contributed by atoms with van der Waals surface area (Å²) in [5.41, 5.74) is 6.91. The van der Waals surface area contributed by atoms with Gasteiger partial charge in [-0.25, -0.2) is 4.98 Å². The maximum Gasteiger partial charge on any atom is 0.230 e. The van der Waals surface area contributed by atoms with Gasteiger partial charge in [0, 0.05) is 25.0 Å². The highest BCUT2D eigenvalue weighted by atomic mass is 15.3. The van der Waals surface area contributed by atoms with Crippen molar-refractivity contribution in [1.29, 1.82) is 0 Å². The predicted octanol–water partition coefficient (Wildman–Crippen LogP) is 1.15. The van der Waals surface area contributed by atoms with E-state index in [-0.39, 0.29) is 0 Å². The van der Waals surface area contributed by atoms with E-state index < -0.39 is 0 Å². The molecule has 0 radical (unpaired) electrons. The number of hydrogen-bond acceptors (Lipinski definition) is 2. The number of nitrogens with two attached hydrogens (primary N) is 1. The van der Waals surface area contributed by atoms with E-state index in [0.717, 1.165) is 18.8 Å². The lowest BCUT2D eigenvalue weighted by molar-refractivity contribution is 0.339. The Kier molecular flexibility index (Phi) is 2.89. The van der Waals surface area contributed by atoms with E-state index >= 15 is 0 Å². The third kappa shape index (κ3) is 2.49. The molecule has 1 aliphatic heterocycles. The smallest absolute Gasteiger partial charge is 0.230 e. The molecule has 0 spiro atoms. The van der Waals surface area contributed by atoms with Crippen LogP contribution in [0.2, 0.25) is 0 Å². The van der Waals surface area contributed by atoms with E-state index in [1.54, 1.807) is 6.20 Å². The van der Waals surface area contributed by atoms with Gasteiger partial charge in [0.15, 0.2) is 5.96 Å². The number of piperidine rings is 1. The highest BCUT2D eigenvalue weighted by Gasteiger charge is 2.12. The first-order valence-corrected chi connectivity index (χ1v) is 5.36. The molecule has 82 valence electrons. The van der Waals surface area contributed by atoms with Crippen molar-refractivity contribution in [2.24, 2.45) is 10.7 Å².